The zero-order valence-corrected chi connectivity index (χ0v) is 35.6. The van der Waals surface area contributed by atoms with E-state index >= 15 is 0 Å². The number of hydrogen-bond acceptors (Lipinski definition) is 11. The molecule has 3 aromatic rings. The Labute approximate surface area is 363 Å². The van der Waals surface area contributed by atoms with E-state index in [1.165, 1.54) is 23.7 Å². The Kier molecular flexibility index (Phi) is 16.4. The number of nitrogens with zero attached hydrogens (tertiary/aromatic N) is 3. The molecule has 3 aliphatic heterocycles. The van der Waals surface area contributed by atoms with Gasteiger partial charge in [-0.15, -0.1) is 0 Å². The number of piperazine rings is 1. The number of aldehydes is 1. The second-order valence-electron chi connectivity index (χ2n) is 16.3. The van der Waals surface area contributed by atoms with Gasteiger partial charge in [0.2, 0.25) is 17.7 Å². The van der Waals surface area contributed by atoms with Crippen molar-refractivity contribution in [2.75, 3.05) is 36.4 Å². The fraction of sp³-hybridized carbons (Fsp3) is 0.447. The number of anilines is 2. The van der Waals surface area contributed by atoms with Crippen molar-refractivity contribution in [2.24, 2.45) is 0 Å². The Morgan fingerprint density at radius 1 is 0.852 bits per heavy atom. The number of piperidine rings is 1. The van der Waals surface area contributed by atoms with Crippen LogP contribution < -0.4 is 20.9 Å². The quantitative estimate of drug-likeness (QED) is 0.0175. The van der Waals surface area contributed by atoms with E-state index in [-0.39, 0.29) is 47.3 Å². The van der Waals surface area contributed by atoms with Crippen LogP contribution in [-0.4, -0.2) is 94.3 Å². The van der Waals surface area contributed by atoms with Crippen molar-refractivity contribution in [2.45, 2.75) is 108 Å². The van der Waals surface area contributed by atoms with Crippen LogP contribution >= 0.6 is 12.8 Å². The van der Waals surface area contributed by atoms with Gasteiger partial charge in [-0.05, 0) is 80.1 Å². The second-order valence-corrected chi connectivity index (χ2v) is 16.7. The third-order valence-corrected chi connectivity index (χ3v) is 12.3. The maximum Gasteiger partial charge on any atom is 0.265 e. The Morgan fingerprint density at radius 3 is 2.33 bits per heavy atom. The fourth-order valence-electron chi connectivity index (χ4n) is 8.47. The van der Waals surface area contributed by atoms with Crippen molar-refractivity contribution in [3.05, 3.63) is 101 Å². The average Bonchev–Trinajstić information content (AvgIpc) is 3.87. The highest BCUT2D eigenvalue weighted by atomic mass is 32.1. The molecule has 3 atom stereocenters. The van der Waals surface area contributed by atoms with Gasteiger partial charge in [-0.1, -0.05) is 82.0 Å². The largest absolute Gasteiger partial charge is 0.507 e. The van der Waals surface area contributed by atoms with Gasteiger partial charge in [0.15, 0.2) is 12.1 Å². The van der Waals surface area contributed by atoms with Gasteiger partial charge in [0.25, 0.3) is 5.91 Å². The van der Waals surface area contributed by atoms with Crippen molar-refractivity contribution >= 4 is 59.9 Å². The van der Waals surface area contributed by atoms with Crippen molar-refractivity contribution in [1.82, 2.24) is 19.8 Å². The zero-order valence-electron chi connectivity index (χ0n) is 34.7. The molecule has 3 fully saturated rings. The first-order chi connectivity index (χ1) is 29.6. The molecule has 14 heteroatoms. The molecular weight excluding hydrogens is 793 g/mol. The zero-order chi connectivity index (χ0) is 43.1. The molecule has 4 N–H and O–H groups in total. The molecular formula is C47H58N6O7S. The van der Waals surface area contributed by atoms with E-state index in [0.717, 1.165) is 81.6 Å². The Morgan fingerprint density at radius 2 is 1.61 bits per heavy atom. The standard InChI is InChI=1S/C47H58N6O7S/c54-32-34-18-19-35(28-40(34)47(60)53(61)41-20-21-45(58)50-46(41)59)48-24-11-7-5-3-1-2-4-6-8-17-44(57)49-25-22-33-13-12-14-36(27-33)52-31-37-29-38(52)30-51(37)26-23-43(56)39-15-9-10-16-42(39)55/h9-10,12-16,18-19,23,26-28,32,37-38,41,48,55,61H,1-8,11,17,20-22,24-25,29-31H2,(H,49,57)(H,50,58,59)/b26-23+/t37-,38-,41?/m1/s1. The molecule has 3 aliphatic rings. The predicted octanol–water partition coefficient (Wildman–Crippen LogP) is 6.63. The molecule has 13 nitrogen and oxygen atoms in total. The van der Waals surface area contributed by atoms with Crippen LogP contribution in [0.3, 0.4) is 0 Å². The van der Waals surface area contributed by atoms with Gasteiger partial charge in [-0.25, -0.2) is 0 Å². The maximum atomic E-state index is 13.2. The minimum Gasteiger partial charge on any atom is -0.507 e. The lowest BCUT2D eigenvalue weighted by Crippen LogP contribution is -2.51. The summed E-state index contributed by atoms with van der Waals surface area (Å²) in [6.07, 6.45) is 16.4. The number of para-hydroxylation sites is 1. The third kappa shape index (κ3) is 12.5. The average molecular weight is 851 g/mol. The predicted molar refractivity (Wildman–Crippen MR) is 239 cm³/mol. The molecule has 3 aromatic carbocycles. The number of carbonyl (C=O) groups excluding carboxylic acids is 6. The van der Waals surface area contributed by atoms with Crippen LogP contribution in [0.2, 0.25) is 0 Å². The molecule has 3 heterocycles. The van der Waals surface area contributed by atoms with Crippen LogP contribution in [0.25, 0.3) is 0 Å². The summed E-state index contributed by atoms with van der Waals surface area (Å²) < 4.78 is 0.996. The number of phenols is 1. The first-order valence-electron chi connectivity index (χ1n) is 21.7. The number of ketones is 1. The number of rotatable bonds is 23. The number of aromatic hydroxyl groups is 1. The number of benzene rings is 3. The molecule has 0 saturated carbocycles. The number of amides is 4. The topological polar surface area (TPSA) is 168 Å². The first-order valence-corrected chi connectivity index (χ1v) is 22.1. The van der Waals surface area contributed by atoms with E-state index < -0.39 is 17.9 Å². The summed E-state index contributed by atoms with van der Waals surface area (Å²) in [6, 6.07) is 19.9. The van der Waals surface area contributed by atoms with Crippen molar-refractivity contribution in [3.8, 4) is 5.75 Å². The summed E-state index contributed by atoms with van der Waals surface area (Å²) in [5.74, 6) is -1.64. The second kappa shape index (κ2) is 22.3. The summed E-state index contributed by atoms with van der Waals surface area (Å²) in [5, 5.41) is 18.6. The summed E-state index contributed by atoms with van der Waals surface area (Å²) in [5.41, 5.74) is 3.76. The van der Waals surface area contributed by atoms with Gasteiger partial charge in [-0.3, -0.25) is 38.4 Å². The maximum absolute atomic E-state index is 13.2. The van der Waals surface area contributed by atoms with Crippen molar-refractivity contribution < 1.29 is 33.9 Å². The van der Waals surface area contributed by atoms with Gasteiger partial charge in [0, 0.05) is 80.3 Å². The summed E-state index contributed by atoms with van der Waals surface area (Å²) in [6.45, 7) is 3.07. The number of fused-ring (bicyclic) bond motifs is 2. The van der Waals surface area contributed by atoms with E-state index in [1.807, 2.05) is 6.20 Å². The molecule has 2 bridgehead atoms. The van der Waals surface area contributed by atoms with Crippen LogP contribution in [0.5, 0.6) is 5.75 Å². The lowest BCUT2D eigenvalue weighted by Gasteiger charge is -2.35. The lowest BCUT2D eigenvalue weighted by molar-refractivity contribution is -0.135. The summed E-state index contributed by atoms with van der Waals surface area (Å²) in [7, 11) is 0. The number of nitrogens with one attached hydrogen (secondary N) is 3. The number of phenolic OH excluding ortho intramolecular Hbond substituents is 1. The van der Waals surface area contributed by atoms with Crippen LogP contribution in [0.1, 0.15) is 120 Å². The van der Waals surface area contributed by atoms with E-state index in [9.17, 15) is 33.9 Å². The lowest BCUT2D eigenvalue weighted by atomic mass is 10.0. The smallest absolute Gasteiger partial charge is 0.265 e. The van der Waals surface area contributed by atoms with Gasteiger partial charge in [-0.2, -0.15) is 0 Å². The van der Waals surface area contributed by atoms with Gasteiger partial charge >= 0.3 is 0 Å². The fourth-order valence-corrected chi connectivity index (χ4v) is 8.80. The summed E-state index contributed by atoms with van der Waals surface area (Å²) in [4.78, 5) is 78.3. The Bertz CT molecular complexity index is 2080. The van der Waals surface area contributed by atoms with Crippen LogP contribution in [0, 0.1) is 0 Å². The third-order valence-electron chi connectivity index (χ3n) is 11.9. The molecule has 1 unspecified atom stereocenters. The number of unbranched alkanes of at least 4 members (excludes halogenated alkanes) is 8. The Hall–Kier alpha value is -5.63. The van der Waals surface area contributed by atoms with E-state index in [2.05, 4.69) is 62.8 Å². The van der Waals surface area contributed by atoms with Crippen molar-refractivity contribution in [3.63, 3.8) is 0 Å². The molecule has 0 radical (unpaired) electrons. The minimum atomic E-state index is -0.898. The molecule has 4 amide bonds. The molecule has 6 rings (SSSR count). The van der Waals surface area contributed by atoms with E-state index in [4.69, 9.17) is 0 Å². The highest BCUT2D eigenvalue weighted by molar-refractivity contribution is 7.78. The molecule has 0 aliphatic carbocycles. The minimum absolute atomic E-state index is 0.00276. The molecule has 3 saturated heterocycles. The van der Waals surface area contributed by atoms with E-state index in [0.29, 0.717) is 49.1 Å². The monoisotopic (exact) mass is 850 g/mol. The normalized spacial score (nSPS) is 18.3. The highest BCUT2D eigenvalue weighted by Gasteiger charge is 2.42. The number of thiol groups is 1. The van der Waals surface area contributed by atoms with Crippen LogP contribution in [-0.2, 0) is 20.8 Å². The van der Waals surface area contributed by atoms with Gasteiger partial charge < -0.3 is 25.5 Å². The van der Waals surface area contributed by atoms with Crippen molar-refractivity contribution in [1.29, 1.82) is 0 Å². The number of hydrogen-bond donors (Lipinski definition) is 5. The first kappa shape index (κ1) is 44.9. The van der Waals surface area contributed by atoms with Gasteiger partial charge in [0.1, 0.15) is 11.8 Å². The number of imide groups is 1. The number of carbonyl (C=O) groups is 6. The number of allylic oxidation sites excluding steroid dienone is 1. The Balaban J connectivity index is 0.777. The number of likely N-dealkylation sites (tertiary alicyclic amines) is 1. The molecule has 0 spiro atoms. The van der Waals surface area contributed by atoms with Gasteiger partial charge in [0.05, 0.1) is 11.1 Å². The highest BCUT2D eigenvalue weighted by Crippen LogP contribution is 2.35. The summed E-state index contributed by atoms with van der Waals surface area (Å²) >= 11 is 4.25. The molecule has 324 valence electrons. The molecule has 61 heavy (non-hydrogen) atoms. The SMILES string of the molecule is O=Cc1ccc(NCCCCCCCCCCCC(=O)NCCc2cccc(N3C[C@H]4C[C@@H]3CN4/C=C/C(=O)c3ccccc3O)c2)cc1C(=O)N(S)C1CCC(=O)NC1=O. The van der Waals surface area contributed by atoms with Crippen LogP contribution in [0.4, 0.5) is 11.4 Å². The molecule has 0 aromatic heterocycles. The van der Waals surface area contributed by atoms with Crippen LogP contribution in [0.15, 0.2) is 79.0 Å². The van der Waals surface area contributed by atoms with E-state index in [1.54, 1.807) is 42.5 Å².